The molecule has 0 aliphatic carbocycles. The smallest absolute Gasteiger partial charge is 0.160 e. The van der Waals surface area contributed by atoms with E-state index in [1.165, 1.54) is 10.9 Å². The van der Waals surface area contributed by atoms with E-state index in [9.17, 15) is 0 Å². The minimum absolute atomic E-state index is 0.0939. The minimum atomic E-state index is 0.0939. The monoisotopic (exact) mass is 312 g/mol. The fourth-order valence-corrected chi connectivity index (χ4v) is 4.51. The molecule has 0 N–H and O–H groups in total. The van der Waals surface area contributed by atoms with Crippen molar-refractivity contribution in [1.82, 2.24) is 14.5 Å². The normalized spacial score (nSPS) is 27.1. The van der Waals surface area contributed by atoms with E-state index in [0.717, 1.165) is 18.8 Å². The van der Waals surface area contributed by atoms with E-state index >= 15 is 0 Å². The lowest BCUT2D eigenvalue weighted by Gasteiger charge is -2.28. The van der Waals surface area contributed by atoms with Crippen LogP contribution >= 0.6 is 11.8 Å². The van der Waals surface area contributed by atoms with Gasteiger partial charge in [0.2, 0.25) is 0 Å². The number of hydrogen-bond acceptors (Lipinski definition) is 4. The Bertz CT molecular complexity index is 694. The number of fused-ring (bicyclic) bond motifs is 1. The van der Waals surface area contributed by atoms with Crippen molar-refractivity contribution in [2.75, 3.05) is 6.54 Å². The number of thioether (sulfide) groups is 1. The fraction of sp³-hybridized carbons (Fsp3) is 0.412. The largest absolute Gasteiger partial charge is 0.350 e. The number of pyridine rings is 1. The van der Waals surface area contributed by atoms with Gasteiger partial charge in [0.1, 0.15) is 6.04 Å². The first-order valence-electron chi connectivity index (χ1n) is 7.85. The number of hydrogen-bond donors (Lipinski definition) is 0. The molecule has 0 amide bonds. The van der Waals surface area contributed by atoms with Crippen LogP contribution in [-0.4, -0.2) is 31.4 Å². The van der Waals surface area contributed by atoms with Gasteiger partial charge in [-0.25, -0.2) is 0 Å². The zero-order chi connectivity index (χ0) is 15.1. The van der Waals surface area contributed by atoms with E-state index in [4.69, 9.17) is 4.99 Å². The number of aromatic nitrogens is 2. The number of amidine groups is 1. The molecule has 1 saturated heterocycles. The van der Waals surface area contributed by atoms with Gasteiger partial charge in [-0.1, -0.05) is 24.8 Å². The summed E-state index contributed by atoms with van der Waals surface area (Å²) in [7, 11) is 0. The van der Waals surface area contributed by atoms with Crippen LogP contribution in [0, 0.1) is 0 Å². The maximum absolute atomic E-state index is 5.01. The SMILES string of the molecule is CCn1cccc1[C@@H]1[C@@H](c2ccccn2)N=C2S[C@@H](C)CN21. The number of rotatable bonds is 3. The highest BCUT2D eigenvalue weighted by atomic mass is 32.2. The van der Waals surface area contributed by atoms with E-state index in [1.807, 2.05) is 24.0 Å². The number of aryl methyl sites for hydroxylation is 1. The third-order valence-corrected chi connectivity index (χ3v) is 5.49. The predicted octanol–water partition coefficient (Wildman–Crippen LogP) is 3.49. The molecule has 2 aliphatic rings. The highest BCUT2D eigenvalue weighted by molar-refractivity contribution is 8.14. The predicted molar refractivity (Wildman–Crippen MR) is 91.0 cm³/mol. The summed E-state index contributed by atoms with van der Waals surface area (Å²) in [5.74, 6) is 0. The van der Waals surface area contributed by atoms with Gasteiger partial charge in [0.25, 0.3) is 0 Å². The lowest BCUT2D eigenvalue weighted by Crippen LogP contribution is -2.30. The van der Waals surface area contributed by atoms with Crippen molar-refractivity contribution in [2.45, 2.75) is 37.7 Å². The molecule has 0 bridgehead atoms. The standard InChI is InChI=1S/C17H20N4S/c1-3-20-10-6-8-14(20)16-15(13-7-4-5-9-18-13)19-17-21(16)11-12(2)22-17/h4-10,12,15-16H,3,11H2,1-2H3/t12-,15+,16+/m0/s1. The van der Waals surface area contributed by atoms with Crippen molar-refractivity contribution in [1.29, 1.82) is 0 Å². The molecule has 114 valence electrons. The van der Waals surface area contributed by atoms with Crippen LogP contribution < -0.4 is 0 Å². The van der Waals surface area contributed by atoms with Crippen LogP contribution in [0.4, 0.5) is 0 Å². The van der Waals surface area contributed by atoms with Crippen LogP contribution in [0.3, 0.4) is 0 Å². The van der Waals surface area contributed by atoms with Crippen molar-refractivity contribution in [3.05, 3.63) is 54.1 Å². The van der Waals surface area contributed by atoms with Crippen molar-refractivity contribution < 1.29 is 0 Å². The van der Waals surface area contributed by atoms with Gasteiger partial charge < -0.3 is 9.47 Å². The quantitative estimate of drug-likeness (QED) is 0.870. The Labute approximate surface area is 135 Å². The third kappa shape index (κ3) is 2.15. The first kappa shape index (κ1) is 13.9. The van der Waals surface area contributed by atoms with E-state index in [2.05, 4.69) is 58.8 Å². The molecular formula is C17H20N4S. The molecule has 0 unspecified atom stereocenters. The Hall–Kier alpha value is -1.75. The minimum Gasteiger partial charge on any atom is -0.350 e. The zero-order valence-corrected chi connectivity index (χ0v) is 13.7. The molecule has 4 nitrogen and oxygen atoms in total. The molecule has 1 fully saturated rings. The first-order chi connectivity index (χ1) is 10.8. The summed E-state index contributed by atoms with van der Waals surface area (Å²) in [6.45, 7) is 6.51. The molecule has 4 heterocycles. The summed E-state index contributed by atoms with van der Waals surface area (Å²) in [5, 5.41) is 1.79. The average Bonchev–Trinajstić information content (AvgIpc) is 3.21. The van der Waals surface area contributed by atoms with Crippen molar-refractivity contribution >= 4 is 16.9 Å². The Morgan fingerprint density at radius 1 is 1.27 bits per heavy atom. The lowest BCUT2D eigenvalue weighted by atomic mass is 10.0. The maximum Gasteiger partial charge on any atom is 0.160 e. The average molecular weight is 312 g/mol. The van der Waals surface area contributed by atoms with Crippen LogP contribution in [-0.2, 0) is 6.54 Å². The molecule has 5 heteroatoms. The Morgan fingerprint density at radius 3 is 2.95 bits per heavy atom. The second-order valence-corrected chi connectivity index (χ2v) is 7.26. The van der Waals surface area contributed by atoms with Gasteiger partial charge in [0, 0.05) is 36.4 Å². The second kappa shape index (κ2) is 5.47. The second-order valence-electron chi connectivity index (χ2n) is 5.86. The third-order valence-electron chi connectivity index (χ3n) is 4.39. The Morgan fingerprint density at radius 2 is 2.18 bits per heavy atom. The maximum atomic E-state index is 5.01. The van der Waals surface area contributed by atoms with Gasteiger partial charge in [0.15, 0.2) is 5.17 Å². The van der Waals surface area contributed by atoms with E-state index in [-0.39, 0.29) is 12.1 Å². The van der Waals surface area contributed by atoms with E-state index in [1.54, 1.807) is 0 Å². The van der Waals surface area contributed by atoms with Gasteiger partial charge in [-0.05, 0) is 31.2 Å². The van der Waals surface area contributed by atoms with Gasteiger partial charge in [0.05, 0.1) is 11.7 Å². The van der Waals surface area contributed by atoms with Crippen LogP contribution in [0.5, 0.6) is 0 Å². The van der Waals surface area contributed by atoms with Gasteiger partial charge in [-0.2, -0.15) is 0 Å². The van der Waals surface area contributed by atoms with Gasteiger partial charge in [-0.3, -0.25) is 9.98 Å². The lowest BCUT2D eigenvalue weighted by molar-refractivity contribution is 0.307. The molecule has 4 rings (SSSR count). The summed E-state index contributed by atoms with van der Waals surface area (Å²) < 4.78 is 2.33. The Balaban J connectivity index is 1.79. The molecule has 2 aliphatic heterocycles. The fourth-order valence-electron chi connectivity index (χ4n) is 3.42. The first-order valence-corrected chi connectivity index (χ1v) is 8.73. The van der Waals surface area contributed by atoms with E-state index < -0.39 is 0 Å². The molecule has 2 aromatic heterocycles. The molecule has 2 aromatic rings. The molecule has 3 atom stereocenters. The van der Waals surface area contributed by atoms with Crippen LogP contribution in [0.25, 0.3) is 0 Å². The van der Waals surface area contributed by atoms with Crippen LogP contribution in [0.15, 0.2) is 47.7 Å². The molecule has 0 aromatic carbocycles. The van der Waals surface area contributed by atoms with Crippen LogP contribution in [0.1, 0.15) is 37.3 Å². The summed E-state index contributed by atoms with van der Waals surface area (Å²) in [4.78, 5) is 12.1. The van der Waals surface area contributed by atoms with E-state index in [0.29, 0.717) is 5.25 Å². The van der Waals surface area contributed by atoms with Crippen molar-refractivity contribution in [2.24, 2.45) is 4.99 Å². The molecule has 0 radical (unpaired) electrons. The molecule has 0 spiro atoms. The summed E-state index contributed by atoms with van der Waals surface area (Å²) in [6, 6.07) is 10.8. The zero-order valence-electron chi connectivity index (χ0n) is 12.9. The number of nitrogens with zero attached hydrogens (tertiary/aromatic N) is 4. The summed E-state index contributed by atoms with van der Waals surface area (Å²) >= 11 is 1.89. The van der Waals surface area contributed by atoms with Crippen molar-refractivity contribution in [3.8, 4) is 0 Å². The summed E-state index contributed by atoms with van der Waals surface area (Å²) in [5.41, 5.74) is 2.40. The number of aliphatic imine (C=N–C) groups is 1. The van der Waals surface area contributed by atoms with Crippen LogP contribution in [0.2, 0.25) is 0 Å². The van der Waals surface area contributed by atoms with Gasteiger partial charge >= 0.3 is 0 Å². The van der Waals surface area contributed by atoms with Gasteiger partial charge in [-0.15, -0.1) is 0 Å². The topological polar surface area (TPSA) is 33.4 Å². The summed E-state index contributed by atoms with van der Waals surface area (Å²) in [6.07, 6.45) is 4.03. The molecular weight excluding hydrogens is 292 g/mol. The van der Waals surface area contributed by atoms with Crippen molar-refractivity contribution in [3.63, 3.8) is 0 Å². The molecule has 0 saturated carbocycles. The Kier molecular flexibility index (Phi) is 3.45. The molecule has 22 heavy (non-hydrogen) atoms. The highest BCUT2D eigenvalue weighted by Gasteiger charge is 2.44. The highest BCUT2D eigenvalue weighted by Crippen LogP contribution is 2.47.